The molecule has 1 amide bonds. The van der Waals surface area contributed by atoms with E-state index in [0.717, 1.165) is 5.69 Å². The van der Waals surface area contributed by atoms with Crippen molar-refractivity contribution in [2.24, 2.45) is 0 Å². The van der Waals surface area contributed by atoms with Gasteiger partial charge in [0.15, 0.2) is 12.4 Å². The van der Waals surface area contributed by atoms with Crippen LogP contribution in [0, 0.1) is 0 Å². The van der Waals surface area contributed by atoms with Crippen molar-refractivity contribution in [3.63, 3.8) is 0 Å². The van der Waals surface area contributed by atoms with Crippen molar-refractivity contribution >= 4 is 17.4 Å². The monoisotopic (exact) mass is 269 g/mol. The van der Waals surface area contributed by atoms with Crippen LogP contribution < -0.4 is 10.1 Å². The Bertz CT molecular complexity index is 591. The van der Waals surface area contributed by atoms with Crippen molar-refractivity contribution in [2.45, 2.75) is 6.92 Å². The smallest absolute Gasteiger partial charge is 0.262 e. The van der Waals surface area contributed by atoms with E-state index in [-0.39, 0.29) is 18.3 Å². The highest BCUT2D eigenvalue weighted by Gasteiger charge is 2.04. The second-order valence-electron chi connectivity index (χ2n) is 4.28. The van der Waals surface area contributed by atoms with Gasteiger partial charge in [-0.2, -0.15) is 0 Å². The lowest BCUT2D eigenvalue weighted by molar-refractivity contribution is -0.118. The Morgan fingerprint density at radius 2 is 1.65 bits per heavy atom. The molecule has 0 aliphatic carbocycles. The number of anilines is 1. The van der Waals surface area contributed by atoms with Gasteiger partial charge in [0.1, 0.15) is 5.75 Å². The Kier molecular flexibility index (Phi) is 4.50. The molecule has 0 unspecified atom stereocenters. The molecule has 0 saturated carbocycles. The van der Waals surface area contributed by atoms with Gasteiger partial charge in [-0.05, 0) is 43.3 Å². The number of para-hydroxylation sites is 1. The van der Waals surface area contributed by atoms with Crippen molar-refractivity contribution in [1.29, 1.82) is 0 Å². The van der Waals surface area contributed by atoms with E-state index < -0.39 is 0 Å². The van der Waals surface area contributed by atoms with Gasteiger partial charge in [-0.1, -0.05) is 18.2 Å². The number of hydrogen-bond acceptors (Lipinski definition) is 3. The van der Waals surface area contributed by atoms with Gasteiger partial charge in [-0.3, -0.25) is 9.59 Å². The first-order valence-corrected chi connectivity index (χ1v) is 6.24. The van der Waals surface area contributed by atoms with Gasteiger partial charge in [-0.25, -0.2) is 0 Å². The molecule has 4 heteroatoms. The quantitative estimate of drug-likeness (QED) is 0.849. The summed E-state index contributed by atoms with van der Waals surface area (Å²) in [5, 5.41) is 2.72. The highest BCUT2D eigenvalue weighted by atomic mass is 16.5. The van der Waals surface area contributed by atoms with Crippen LogP contribution in [0.4, 0.5) is 5.69 Å². The lowest BCUT2D eigenvalue weighted by atomic mass is 10.1. The lowest BCUT2D eigenvalue weighted by Crippen LogP contribution is -2.20. The van der Waals surface area contributed by atoms with E-state index in [4.69, 9.17) is 4.74 Å². The lowest BCUT2D eigenvalue weighted by Gasteiger charge is -2.07. The maximum Gasteiger partial charge on any atom is 0.262 e. The molecule has 102 valence electrons. The zero-order chi connectivity index (χ0) is 14.4. The van der Waals surface area contributed by atoms with Crippen LogP contribution in [0.1, 0.15) is 17.3 Å². The number of nitrogens with one attached hydrogen (secondary N) is 1. The number of hydrogen-bond donors (Lipinski definition) is 1. The van der Waals surface area contributed by atoms with Crippen molar-refractivity contribution in [3.8, 4) is 5.75 Å². The number of benzene rings is 2. The van der Waals surface area contributed by atoms with Gasteiger partial charge in [0, 0.05) is 11.3 Å². The van der Waals surface area contributed by atoms with Crippen molar-refractivity contribution in [3.05, 3.63) is 60.2 Å². The summed E-state index contributed by atoms with van der Waals surface area (Å²) in [5.41, 5.74) is 1.35. The third kappa shape index (κ3) is 3.95. The number of ether oxygens (including phenoxy) is 1. The molecule has 4 nitrogen and oxygen atoms in total. The topological polar surface area (TPSA) is 55.4 Å². The molecule has 2 aromatic rings. The molecule has 0 spiro atoms. The minimum atomic E-state index is -0.230. The zero-order valence-corrected chi connectivity index (χ0v) is 11.1. The molecule has 2 rings (SSSR count). The van der Waals surface area contributed by atoms with E-state index in [1.54, 1.807) is 36.4 Å². The fourth-order valence-corrected chi connectivity index (χ4v) is 1.65. The van der Waals surface area contributed by atoms with Crippen molar-refractivity contribution < 1.29 is 14.3 Å². The van der Waals surface area contributed by atoms with E-state index in [9.17, 15) is 9.59 Å². The van der Waals surface area contributed by atoms with Gasteiger partial charge < -0.3 is 10.1 Å². The van der Waals surface area contributed by atoms with Gasteiger partial charge in [0.2, 0.25) is 0 Å². The number of rotatable bonds is 5. The summed E-state index contributed by atoms with van der Waals surface area (Å²) in [5.74, 6) is 0.323. The summed E-state index contributed by atoms with van der Waals surface area (Å²) in [6.45, 7) is 1.43. The average molecular weight is 269 g/mol. The first-order valence-electron chi connectivity index (χ1n) is 6.24. The summed E-state index contributed by atoms with van der Waals surface area (Å²) in [6.07, 6.45) is 0. The summed E-state index contributed by atoms with van der Waals surface area (Å²) >= 11 is 0. The second kappa shape index (κ2) is 6.52. The third-order valence-electron chi connectivity index (χ3n) is 2.69. The predicted molar refractivity (Wildman–Crippen MR) is 77.0 cm³/mol. The van der Waals surface area contributed by atoms with Gasteiger partial charge >= 0.3 is 0 Å². The minimum absolute atomic E-state index is 0.00151. The maximum atomic E-state index is 11.7. The molecule has 20 heavy (non-hydrogen) atoms. The SMILES string of the molecule is CC(=O)c1ccc(OCC(=O)Nc2ccccc2)cc1. The summed E-state index contributed by atoms with van der Waals surface area (Å²) < 4.78 is 5.35. The van der Waals surface area contributed by atoms with Crippen LogP contribution in [0.3, 0.4) is 0 Å². The molecule has 0 bridgehead atoms. The molecule has 0 heterocycles. The summed E-state index contributed by atoms with van der Waals surface area (Å²) in [6, 6.07) is 15.9. The maximum absolute atomic E-state index is 11.7. The zero-order valence-electron chi connectivity index (χ0n) is 11.1. The Labute approximate surface area is 117 Å². The van der Waals surface area contributed by atoms with Crippen LogP contribution in [-0.2, 0) is 4.79 Å². The number of Topliss-reactive ketones (excluding diaryl/α,β-unsaturated/α-hetero) is 1. The Morgan fingerprint density at radius 3 is 2.25 bits per heavy atom. The average Bonchev–Trinajstić information content (AvgIpc) is 2.46. The first-order chi connectivity index (χ1) is 9.65. The fraction of sp³-hybridized carbons (Fsp3) is 0.125. The second-order valence-corrected chi connectivity index (χ2v) is 4.28. The number of carbonyl (C=O) groups excluding carboxylic acids is 2. The highest BCUT2D eigenvalue weighted by molar-refractivity contribution is 5.94. The minimum Gasteiger partial charge on any atom is -0.484 e. The van der Waals surface area contributed by atoms with Crippen LogP contribution in [0.2, 0.25) is 0 Å². The van der Waals surface area contributed by atoms with Crippen LogP contribution >= 0.6 is 0 Å². The molecule has 0 radical (unpaired) electrons. The first kappa shape index (κ1) is 13.8. The van der Waals surface area contributed by atoms with Crippen LogP contribution in [0.15, 0.2) is 54.6 Å². The van der Waals surface area contributed by atoms with Crippen molar-refractivity contribution in [1.82, 2.24) is 0 Å². The number of carbonyl (C=O) groups is 2. The Hall–Kier alpha value is -2.62. The van der Waals surface area contributed by atoms with E-state index in [1.807, 2.05) is 18.2 Å². The molecule has 0 aromatic heterocycles. The largest absolute Gasteiger partial charge is 0.484 e. The van der Waals surface area contributed by atoms with E-state index >= 15 is 0 Å². The van der Waals surface area contributed by atoms with Crippen molar-refractivity contribution in [2.75, 3.05) is 11.9 Å². The highest BCUT2D eigenvalue weighted by Crippen LogP contribution is 2.12. The standard InChI is InChI=1S/C16H15NO3/c1-12(18)13-7-9-15(10-8-13)20-11-16(19)17-14-5-3-2-4-6-14/h2-10H,11H2,1H3,(H,17,19). The van der Waals surface area contributed by atoms with Gasteiger partial charge in [0.25, 0.3) is 5.91 Å². The molecule has 1 N–H and O–H groups in total. The third-order valence-corrected chi connectivity index (χ3v) is 2.69. The predicted octanol–water partition coefficient (Wildman–Crippen LogP) is 2.91. The molecular formula is C16H15NO3. The molecule has 0 saturated heterocycles. The van der Waals surface area contributed by atoms with E-state index in [1.165, 1.54) is 6.92 Å². The fourth-order valence-electron chi connectivity index (χ4n) is 1.65. The van der Waals surface area contributed by atoms with Crippen LogP contribution in [0.25, 0.3) is 0 Å². The molecule has 0 aliphatic rings. The molecule has 0 atom stereocenters. The number of amides is 1. The Morgan fingerprint density at radius 1 is 1.00 bits per heavy atom. The molecule has 0 aliphatic heterocycles. The van der Waals surface area contributed by atoms with Gasteiger partial charge in [-0.15, -0.1) is 0 Å². The molecular weight excluding hydrogens is 254 g/mol. The molecule has 0 fully saturated rings. The van der Waals surface area contributed by atoms with Crippen LogP contribution in [-0.4, -0.2) is 18.3 Å². The number of ketones is 1. The summed E-state index contributed by atoms with van der Waals surface area (Å²) in [7, 11) is 0. The normalized spacial score (nSPS) is 9.85. The van der Waals surface area contributed by atoms with Gasteiger partial charge in [0.05, 0.1) is 0 Å². The van der Waals surface area contributed by atoms with E-state index in [0.29, 0.717) is 11.3 Å². The van der Waals surface area contributed by atoms with E-state index in [2.05, 4.69) is 5.32 Å². The summed E-state index contributed by atoms with van der Waals surface area (Å²) in [4.78, 5) is 22.8. The Balaban J connectivity index is 1.85. The van der Waals surface area contributed by atoms with Crippen LogP contribution in [0.5, 0.6) is 5.75 Å². The molecule has 2 aromatic carbocycles.